The smallest absolute Gasteiger partial charge is 0.316 e. The highest BCUT2D eigenvalue weighted by Crippen LogP contribution is 2.25. The molecule has 3 nitrogen and oxygen atoms in total. The number of aliphatic hydroxyl groups excluding tert-OH is 1. The minimum absolute atomic E-state index is 0.413. The van der Waals surface area contributed by atoms with Crippen molar-refractivity contribution in [2.45, 2.75) is 12.3 Å². The molecule has 1 unspecified atom stereocenters. The molecule has 0 saturated heterocycles. The van der Waals surface area contributed by atoms with Crippen LogP contribution in [0.25, 0.3) is 0 Å². The average Bonchev–Trinajstić information content (AvgIpc) is 2.17. The summed E-state index contributed by atoms with van der Waals surface area (Å²) in [4.78, 5) is 11.0. The molecule has 1 aromatic rings. The van der Waals surface area contributed by atoms with E-state index in [-0.39, 0.29) is 0 Å². The van der Waals surface area contributed by atoms with Crippen LogP contribution in [0.5, 0.6) is 0 Å². The van der Waals surface area contributed by atoms with E-state index in [9.17, 15) is 4.79 Å². The summed E-state index contributed by atoms with van der Waals surface area (Å²) in [6.07, 6.45) is 0. The molecule has 0 aliphatic rings. The first-order valence-corrected chi connectivity index (χ1v) is 4.90. The van der Waals surface area contributed by atoms with E-state index < -0.39 is 18.0 Å². The molecule has 0 heterocycles. The van der Waals surface area contributed by atoms with E-state index in [0.717, 1.165) is 4.47 Å². The van der Waals surface area contributed by atoms with Gasteiger partial charge in [-0.05, 0) is 24.6 Å². The summed E-state index contributed by atoms with van der Waals surface area (Å²) >= 11 is 3.26. The summed E-state index contributed by atoms with van der Waals surface area (Å²) in [7, 11) is 0. The van der Waals surface area contributed by atoms with Crippen LogP contribution in [0.2, 0.25) is 0 Å². The van der Waals surface area contributed by atoms with E-state index >= 15 is 0 Å². The number of aliphatic hydroxyl groups is 1. The van der Waals surface area contributed by atoms with Gasteiger partial charge in [0.05, 0.1) is 6.61 Å². The zero-order chi connectivity index (χ0) is 10.8. The Hall–Kier alpha value is -0.870. The van der Waals surface area contributed by atoms with Crippen LogP contribution in [0.3, 0.4) is 0 Å². The number of aliphatic carboxylic acids is 1. The van der Waals surface area contributed by atoms with Crippen molar-refractivity contribution < 1.29 is 15.0 Å². The first kappa shape index (κ1) is 11.2. The summed E-state index contributed by atoms with van der Waals surface area (Å²) in [5.74, 6) is -1.03. The summed E-state index contributed by atoms with van der Waals surface area (Å²) in [5.41, 5.74) is -0.628. The fourth-order valence-electron chi connectivity index (χ4n) is 1.10. The Bertz CT molecular complexity index is 334. The number of carboxylic acids is 1. The van der Waals surface area contributed by atoms with Gasteiger partial charge in [-0.25, -0.2) is 0 Å². The number of hydrogen-bond acceptors (Lipinski definition) is 2. The number of hydrogen-bond donors (Lipinski definition) is 2. The SMILES string of the molecule is CC(CO)(C(=O)O)c1ccc(Br)cc1. The minimum Gasteiger partial charge on any atom is -0.481 e. The molecule has 0 amide bonds. The van der Waals surface area contributed by atoms with Crippen LogP contribution in [0.4, 0.5) is 0 Å². The highest BCUT2D eigenvalue weighted by molar-refractivity contribution is 9.10. The Morgan fingerprint density at radius 2 is 1.93 bits per heavy atom. The monoisotopic (exact) mass is 258 g/mol. The Kier molecular flexibility index (Phi) is 3.29. The second-order valence-electron chi connectivity index (χ2n) is 3.30. The maximum atomic E-state index is 11.0. The standard InChI is InChI=1S/C10H11BrO3/c1-10(6-12,9(13)14)7-2-4-8(11)5-3-7/h2-5,12H,6H2,1H3,(H,13,14). The molecule has 0 radical (unpaired) electrons. The third-order valence-corrected chi connectivity index (χ3v) is 2.80. The van der Waals surface area contributed by atoms with Crippen LogP contribution in [-0.2, 0) is 10.2 Å². The van der Waals surface area contributed by atoms with Gasteiger partial charge in [-0.1, -0.05) is 28.1 Å². The molecule has 0 aromatic heterocycles. The third kappa shape index (κ3) is 1.96. The predicted molar refractivity (Wildman–Crippen MR) is 56.2 cm³/mol. The molecular formula is C10H11BrO3. The lowest BCUT2D eigenvalue weighted by Gasteiger charge is -2.22. The first-order chi connectivity index (χ1) is 6.50. The summed E-state index contributed by atoms with van der Waals surface area (Å²) in [5, 5.41) is 18.1. The van der Waals surface area contributed by atoms with E-state index in [1.54, 1.807) is 24.3 Å². The number of benzene rings is 1. The van der Waals surface area contributed by atoms with Gasteiger partial charge in [-0.3, -0.25) is 4.79 Å². The van der Waals surface area contributed by atoms with E-state index in [2.05, 4.69) is 15.9 Å². The fraction of sp³-hybridized carbons (Fsp3) is 0.300. The van der Waals surface area contributed by atoms with E-state index in [1.165, 1.54) is 6.92 Å². The van der Waals surface area contributed by atoms with Crippen molar-refractivity contribution in [3.63, 3.8) is 0 Å². The maximum Gasteiger partial charge on any atom is 0.316 e. The quantitative estimate of drug-likeness (QED) is 0.869. The molecule has 2 N–H and O–H groups in total. The molecule has 4 heteroatoms. The van der Waals surface area contributed by atoms with Crippen molar-refractivity contribution in [3.05, 3.63) is 34.3 Å². The Morgan fingerprint density at radius 1 is 1.43 bits per heavy atom. The van der Waals surface area contributed by atoms with Gasteiger partial charge in [-0.2, -0.15) is 0 Å². The van der Waals surface area contributed by atoms with Crippen molar-refractivity contribution >= 4 is 21.9 Å². The highest BCUT2D eigenvalue weighted by Gasteiger charge is 2.34. The van der Waals surface area contributed by atoms with Gasteiger partial charge in [0, 0.05) is 4.47 Å². The summed E-state index contributed by atoms with van der Waals surface area (Å²) < 4.78 is 0.881. The number of carbonyl (C=O) groups is 1. The molecule has 0 aliphatic carbocycles. The first-order valence-electron chi connectivity index (χ1n) is 4.11. The van der Waals surface area contributed by atoms with Crippen molar-refractivity contribution in [1.29, 1.82) is 0 Å². The number of rotatable bonds is 3. The second kappa shape index (κ2) is 4.11. The van der Waals surface area contributed by atoms with Crippen molar-refractivity contribution in [2.24, 2.45) is 0 Å². The van der Waals surface area contributed by atoms with Crippen molar-refractivity contribution in [2.75, 3.05) is 6.61 Å². The normalized spacial score (nSPS) is 14.8. The average molecular weight is 259 g/mol. The van der Waals surface area contributed by atoms with Gasteiger partial charge >= 0.3 is 5.97 Å². The number of halogens is 1. The maximum absolute atomic E-state index is 11.0. The van der Waals surface area contributed by atoms with Crippen molar-refractivity contribution in [1.82, 2.24) is 0 Å². The second-order valence-corrected chi connectivity index (χ2v) is 4.22. The van der Waals surface area contributed by atoms with Gasteiger partial charge in [0.2, 0.25) is 0 Å². The predicted octanol–water partition coefficient (Wildman–Crippen LogP) is 1.78. The molecular weight excluding hydrogens is 248 g/mol. The summed E-state index contributed by atoms with van der Waals surface area (Å²) in [6, 6.07) is 6.89. The molecule has 0 aliphatic heterocycles. The van der Waals surface area contributed by atoms with Crippen molar-refractivity contribution in [3.8, 4) is 0 Å². The van der Waals surface area contributed by atoms with Gasteiger partial charge < -0.3 is 10.2 Å². The van der Waals surface area contributed by atoms with E-state index in [4.69, 9.17) is 10.2 Å². The van der Waals surface area contributed by atoms with E-state index in [1.807, 2.05) is 0 Å². The highest BCUT2D eigenvalue weighted by atomic mass is 79.9. The molecule has 1 atom stereocenters. The Balaban J connectivity index is 3.13. The van der Waals surface area contributed by atoms with Crippen LogP contribution >= 0.6 is 15.9 Å². The zero-order valence-corrected chi connectivity index (χ0v) is 9.28. The molecule has 0 fully saturated rings. The van der Waals surface area contributed by atoms with Crippen LogP contribution < -0.4 is 0 Å². The lowest BCUT2D eigenvalue weighted by atomic mass is 9.83. The zero-order valence-electron chi connectivity index (χ0n) is 7.70. The van der Waals surface area contributed by atoms with Gasteiger partial charge in [0.15, 0.2) is 0 Å². The Labute approximate surface area is 90.5 Å². The lowest BCUT2D eigenvalue weighted by molar-refractivity contribution is -0.144. The molecule has 0 spiro atoms. The molecule has 0 saturated carbocycles. The molecule has 1 aromatic carbocycles. The largest absolute Gasteiger partial charge is 0.481 e. The van der Waals surface area contributed by atoms with E-state index in [0.29, 0.717) is 5.56 Å². The molecule has 1 rings (SSSR count). The van der Waals surface area contributed by atoms with Crippen LogP contribution in [0, 0.1) is 0 Å². The molecule has 76 valence electrons. The number of carboxylic acid groups (broad SMARTS) is 1. The van der Waals surface area contributed by atoms with Gasteiger partial charge in [0.1, 0.15) is 5.41 Å². The molecule has 14 heavy (non-hydrogen) atoms. The Morgan fingerprint density at radius 3 is 2.29 bits per heavy atom. The minimum atomic E-state index is -1.22. The summed E-state index contributed by atoms with van der Waals surface area (Å²) in [6.45, 7) is 1.09. The van der Waals surface area contributed by atoms with Crippen LogP contribution in [0.15, 0.2) is 28.7 Å². The van der Waals surface area contributed by atoms with Crippen LogP contribution in [0.1, 0.15) is 12.5 Å². The lowest BCUT2D eigenvalue weighted by Crippen LogP contribution is -2.36. The molecule has 0 bridgehead atoms. The van der Waals surface area contributed by atoms with Gasteiger partial charge in [-0.15, -0.1) is 0 Å². The van der Waals surface area contributed by atoms with Crippen LogP contribution in [-0.4, -0.2) is 22.8 Å². The topological polar surface area (TPSA) is 57.5 Å². The fourth-order valence-corrected chi connectivity index (χ4v) is 1.36. The van der Waals surface area contributed by atoms with Gasteiger partial charge in [0.25, 0.3) is 0 Å². The third-order valence-electron chi connectivity index (χ3n) is 2.27.